The van der Waals surface area contributed by atoms with Crippen LogP contribution < -0.4 is 10.7 Å². The maximum Gasteiger partial charge on any atom is 0.329 e. The largest absolute Gasteiger partial charge is 0.376 e. The Kier molecular flexibility index (Phi) is 6.49. The minimum Gasteiger partial charge on any atom is -0.376 e. The molecule has 3 rings (SSSR count). The molecule has 0 saturated carbocycles. The van der Waals surface area contributed by atoms with Crippen molar-refractivity contribution < 1.29 is 14.3 Å². The summed E-state index contributed by atoms with van der Waals surface area (Å²) in [5.41, 5.74) is 6.06. The Morgan fingerprint density at radius 1 is 1.29 bits per heavy atom. The average Bonchev–Trinajstić information content (AvgIpc) is 3.29. The number of halogens is 1. The summed E-state index contributed by atoms with van der Waals surface area (Å²) in [5.74, 6) is -1.53. The molecule has 2 heterocycles. The van der Waals surface area contributed by atoms with Crippen LogP contribution in [0.4, 0.5) is 0 Å². The molecule has 2 aromatic rings. The highest BCUT2D eigenvalue weighted by Gasteiger charge is 2.19. The Morgan fingerprint density at radius 3 is 2.71 bits per heavy atom. The van der Waals surface area contributed by atoms with E-state index in [0.717, 1.165) is 35.5 Å². The minimum absolute atomic E-state index is 0.0153. The topological polar surface area (TPSA) is 84.7 Å². The van der Waals surface area contributed by atoms with Gasteiger partial charge in [-0.1, -0.05) is 11.6 Å². The van der Waals surface area contributed by atoms with Crippen molar-refractivity contribution in [2.24, 2.45) is 5.10 Å². The molecule has 1 fully saturated rings. The van der Waals surface area contributed by atoms with Crippen molar-refractivity contribution in [1.82, 2.24) is 15.3 Å². The third-order valence-electron chi connectivity index (χ3n) is 4.65. The van der Waals surface area contributed by atoms with Gasteiger partial charge in [-0.25, -0.2) is 5.43 Å². The number of aromatic nitrogens is 1. The van der Waals surface area contributed by atoms with Gasteiger partial charge in [0.25, 0.3) is 0 Å². The summed E-state index contributed by atoms with van der Waals surface area (Å²) in [7, 11) is 0. The lowest BCUT2D eigenvalue weighted by atomic mass is 10.2. The number of amides is 2. The number of hydrazone groups is 1. The molecule has 0 aliphatic carbocycles. The molecule has 1 aliphatic heterocycles. The number of carbonyl (C=O) groups excluding carboxylic acids is 2. The highest BCUT2D eigenvalue weighted by Crippen LogP contribution is 2.21. The molecule has 2 amide bonds. The van der Waals surface area contributed by atoms with Crippen molar-refractivity contribution in [1.29, 1.82) is 0 Å². The summed E-state index contributed by atoms with van der Waals surface area (Å²) in [6, 6.07) is 9.49. The van der Waals surface area contributed by atoms with E-state index in [1.165, 1.54) is 6.21 Å². The second kappa shape index (κ2) is 9.03. The van der Waals surface area contributed by atoms with E-state index in [1.807, 2.05) is 44.2 Å². The maximum absolute atomic E-state index is 11.9. The second-order valence-corrected chi connectivity index (χ2v) is 7.12. The average molecular weight is 403 g/mol. The smallest absolute Gasteiger partial charge is 0.329 e. The molecular weight excluding hydrogens is 380 g/mol. The molecule has 1 aliphatic rings. The number of ether oxygens (including phenoxy) is 1. The lowest BCUT2D eigenvalue weighted by molar-refractivity contribution is -0.139. The number of nitrogens with one attached hydrogen (secondary N) is 2. The van der Waals surface area contributed by atoms with Crippen molar-refractivity contribution >= 4 is 29.6 Å². The van der Waals surface area contributed by atoms with Crippen LogP contribution in [-0.4, -0.2) is 41.9 Å². The molecule has 8 heteroatoms. The molecule has 0 spiro atoms. The maximum atomic E-state index is 11.9. The molecule has 0 radical (unpaired) electrons. The van der Waals surface area contributed by atoms with Gasteiger partial charge in [0.2, 0.25) is 0 Å². The molecular formula is C20H23ClN4O3. The lowest BCUT2D eigenvalue weighted by Gasteiger charge is -2.10. The molecule has 0 unspecified atom stereocenters. The number of benzene rings is 1. The van der Waals surface area contributed by atoms with Gasteiger partial charge in [-0.15, -0.1) is 0 Å². The summed E-state index contributed by atoms with van der Waals surface area (Å²) in [5, 5.41) is 7.15. The van der Waals surface area contributed by atoms with Crippen LogP contribution in [0.1, 0.15) is 29.8 Å². The number of nitrogens with zero attached hydrogens (tertiary/aromatic N) is 2. The first-order valence-corrected chi connectivity index (χ1v) is 9.51. The molecule has 1 aromatic carbocycles. The highest BCUT2D eigenvalue weighted by molar-refractivity contribution is 6.35. The first-order chi connectivity index (χ1) is 13.5. The molecule has 1 aromatic heterocycles. The lowest BCUT2D eigenvalue weighted by Crippen LogP contribution is -2.41. The van der Waals surface area contributed by atoms with Crippen LogP contribution in [-0.2, 0) is 14.3 Å². The summed E-state index contributed by atoms with van der Waals surface area (Å²) >= 11 is 5.96. The Labute approximate surface area is 168 Å². The zero-order chi connectivity index (χ0) is 20.1. The van der Waals surface area contributed by atoms with E-state index >= 15 is 0 Å². The van der Waals surface area contributed by atoms with Gasteiger partial charge in [0, 0.05) is 40.8 Å². The van der Waals surface area contributed by atoms with Crippen molar-refractivity contribution in [2.75, 3.05) is 13.2 Å². The van der Waals surface area contributed by atoms with Crippen LogP contribution in [0.2, 0.25) is 5.02 Å². The fraction of sp³-hybridized carbons (Fsp3) is 0.350. The van der Waals surface area contributed by atoms with Crippen LogP contribution in [0.5, 0.6) is 0 Å². The molecule has 0 bridgehead atoms. The van der Waals surface area contributed by atoms with E-state index < -0.39 is 11.8 Å². The summed E-state index contributed by atoms with van der Waals surface area (Å²) in [6.07, 6.45) is 3.38. The molecule has 1 atom stereocenters. The quantitative estimate of drug-likeness (QED) is 0.457. The second-order valence-electron chi connectivity index (χ2n) is 6.68. The first-order valence-electron chi connectivity index (χ1n) is 9.13. The van der Waals surface area contributed by atoms with E-state index in [4.69, 9.17) is 16.3 Å². The van der Waals surface area contributed by atoms with E-state index in [-0.39, 0.29) is 6.10 Å². The van der Waals surface area contributed by atoms with Crippen molar-refractivity contribution in [2.45, 2.75) is 32.8 Å². The van der Waals surface area contributed by atoms with Crippen LogP contribution in [0.15, 0.2) is 35.4 Å². The van der Waals surface area contributed by atoms with Crippen molar-refractivity contribution in [3.63, 3.8) is 0 Å². The standard InChI is InChI=1S/C20H23ClN4O3/c1-13-10-15(14(2)25(13)17-7-5-16(21)6-8-17)11-23-24-20(27)19(26)22-12-18-4-3-9-28-18/h5-8,10-11,18H,3-4,9,12H2,1-2H3,(H,22,26)(H,24,27)/b23-11-/t18-/m0/s1. The van der Waals surface area contributed by atoms with Crippen molar-refractivity contribution in [3.05, 3.63) is 52.3 Å². The van der Waals surface area contributed by atoms with E-state index in [0.29, 0.717) is 18.2 Å². The zero-order valence-corrected chi connectivity index (χ0v) is 16.6. The van der Waals surface area contributed by atoms with Gasteiger partial charge in [0.15, 0.2) is 0 Å². The fourth-order valence-corrected chi connectivity index (χ4v) is 3.34. The van der Waals surface area contributed by atoms with E-state index in [1.54, 1.807) is 0 Å². The number of rotatable bonds is 5. The molecule has 28 heavy (non-hydrogen) atoms. The Bertz CT molecular complexity index is 884. The van der Waals surface area contributed by atoms with Crippen LogP contribution in [0.3, 0.4) is 0 Å². The zero-order valence-electron chi connectivity index (χ0n) is 15.9. The predicted octanol–water partition coefficient (Wildman–Crippen LogP) is 2.49. The first kappa shape index (κ1) is 20.1. The normalized spacial score (nSPS) is 16.5. The fourth-order valence-electron chi connectivity index (χ4n) is 3.21. The predicted molar refractivity (Wildman–Crippen MR) is 108 cm³/mol. The van der Waals surface area contributed by atoms with E-state index in [9.17, 15) is 9.59 Å². The Hall–Kier alpha value is -2.64. The van der Waals surface area contributed by atoms with Gasteiger partial charge >= 0.3 is 11.8 Å². The van der Waals surface area contributed by atoms with E-state index in [2.05, 4.69) is 20.4 Å². The Morgan fingerprint density at radius 2 is 2.04 bits per heavy atom. The van der Waals surface area contributed by atoms with Gasteiger partial charge < -0.3 is 14.6 Å². The highest BCUT2D eigenvalue weighted by atomic mass is 35.5. The van der Waals surface area contributed by atoms with Gasteiger partial charge in [0.1, 0.15) is 0 Å². The molecule has 7 nitrogen and oxygen atoms in total. The monoisotopic (exact) mass is 402 g/mol. The minimum atomic E-state index is -0.805. The number of carbonyl (C=O) groups is 2. The molecule has 148 valence electrons. The summed E-state index contributed by atoms with van der Waals surface area (Å²) < 4.78 is 7.47. The van der Waals surface area contributed by atoms with Gasteiger partial charge in [-0.2, -0.15) is 5.10 Å². The summed E-state index contributed by atoms with van der Waals surface area (Å²) in [6.45, 7) is 4.97. The van der Waals surface area contributed by atoms with Gasteiger partial charge in [-0.05, 0) is 57.0 Å². The summed E-state index contributed by atoms with van der Waals surface area (Å²) in [4.78, 5) is 23.7. The third-order valence-corrected chi connectivity index (χ3v) is 4.90. The third kappa shape index (κ3) is 4.79. The number of hydrogen-bond donors (Lipinski definition) is 2. The van der Waals surface area contributed by atoms with Crippen molar-refractivity contribution in [3.8, 4) is 5.69 Å². The van der Waals surface area contributed by atoms with Crippen LogP contribution in [0.25, 0.3) is 5.69 Å². The Balaban J connectivity index is 1.59. The molecule has 2 N–H and O–H groups in total. The van der Waals surface area contributed by atoms with Gasteiger partial charge in [-0.3, -0.25) is 9.59 Å². The molecule has 1 saturated heterocycles. The van der Waals surface area contributed by atoms with Gasteiger partial charge in [0.05, 0.1) is 12.3 Å². The number of hydrogen-bond acceptors (Lipinski definition) is 4. The SMILES string of the molecule is Cc1cc(/C=N\NC(=O)C(=O)NC[C@@H]2CCCO2)c(C)n1-c1ccc(Cl)cc1. The van der Waals surface area contributed by atoms with Crippen LogP contribution >= 0.6 is 11.6 Å². The number of aryl methyl sites for hydroxylation is 1. The van der Waals surface area contributed by atoms with Crippen LogP contribution in [0, 0.1) is 13.8 Å².